The second-order valence-electron chi connectivity index (χ2n) is 4.83. The van der Waals surface area contributed by atoms with Gasteiger partial charge in [-0.3, -0.25) is 0 Å². The lowest BCUT2D eigenvalue weighted by Crippen LogP contribution is -2.40. The minimum Gasteiger partial charge on any atom is -0.398 e. The number of rotatable bonds is 3. The lowest BCUT2D eigenvalue weighted by molar-refractivity contribution is 0.245. The summed E-state index contributed by atoms with van der Waals surface area (Å²) >= 11 is 0. The fraction of sp³-hybridized carbons (Fsp3) is 0.417. The maximum Gasteiger partial charge on any atom is 0.328 e. The molecule has 1 aliphatic carbocycles. The van der Waals surface area contributed by atoms with Crippen molar-refractivity contribution in [3.05, 3.63) is 23.3 Å². The number of hydrogen-bond acceptors (Lipinski definition) is 4. The zero-order valence-electron chi connectivity index (χ0n) is 10.9. The maximum absolute atomic E-state index is 12.1. The van der Waals surface area contributed by atoms with Gasteiger partial charge in [-0.05, 0) is 49.9 Å². The van der Waals surface area contributed by atoms with Crippen molar-refractivity contribution < 1.29 is 13.2 Å². The number of aryl methyl sites for hydroxylation is 1. The van der Waals surface area contributed by atoms with Gasteiger partial charge in [-0.15, -0.1) is 0 Å². The highest BCUT2D eigenvalue weighted by molar-refractivity contribution is 7.90. The smallest absolute Gasteiger partial charge is 0.328 e. The molecular formula is C12H17N3O3S. The number of hydrogen-bond donors (Lipinski definition) is 3. The molecule has 0 radical (unpaired) electrons. The summed E-state index contributed by atoms with van der Waals surface area (Å²) in [6.45, 7) is 3.36. The van der Waals surface area contributed by atoms with Gasteiger partial charge in [0.1, 0.15) is 0 Å². The summed E-state index contributed by atoms with van der Waals surface area (Å²) in [5.74, 6) is 0. The van der Waals surface area contributed by atoms with Crippen LogP contribution in [0.25, 0.3) is 0 Å². The number of amides is 2. The first-order valence-corrected chi connectivity index (χ1v) is 7.48. The lowest BCUT2D eigenvalue weighted by atomic mass is 10.1. The minimum atomic E-state index is -3.90. The quantitative estimate of drug-likeness (QED) is 0.721. The van der Waals surface area contributed by atoms with Crippen LogP contribution in [0.3, 0.4) is 0 Å². The first kappa shape index (κ1) is 13.7. The Kier molecular flexibility index (Phi) is 3.40. The Labute approximate surface area is 112 Å². The van der Waals surface area contributed by atoms with Crippen LogP contribution in [-0.4, -0.2) is 20.5 Å². The van der Waals surface area contributed by atoms with Crippen LogP contribution >= 0.6 is 0 Å². The van der Waals surface area contributed by atoms with E-state index in [9.17, 15) is 13.2 Å². The van der Waals surface area contributed by atoms with Gasteiger partial charge in [-0.25, -0.2) is 17.9 Å². The third kappa shape index (κ3) is 3.17. The number of sulfonamides is 1. The number of nitrogens with one attached hydrogen (secondary N) is 2. The van der Waals surface area contributed by atoms with Gasteiger partial charge < -0.3 is 11.1 Å². The van der Waals surface area contributed by atoms with E-state index in [0.717, 1.165) is 18.4 Å². The van der Waals surface area contributed by atoms with Gasteiger partial charge >= 0.3 is 6.03 Å². The molecule has 19 heavy (non-hydrogen) atoms. The fourth-order valence-corrected chi connectivity index (χ4v) is 3.03. The Balaban J connectivity index is 2.25. The maximum atomic E-state index is 12.1. The van der Waals surface area contributed by atoms with Crippen LogP contribution in [0.15, 0.2) is 17.0 Å². The predicted molar refractivity (Wildman–Crippen MR) is 72.2 cm³/mol. The second kappa shape index (κ2) is 4.73. The largest absolute Gasteiger partial charge is 0.398 e. The summed E-state index contributed by atoms with van der Waals surface area (Å²) in [6.07, 6.45) is 1.79. The molecule has 1 aromatic carbocycles. The Morgan fingerprint density at radius 1 is 1.32 bits per heavy atom. The van der Waals surface area contributed by atoms with Gasteiger partial charge in [0, 0.05) is 11.7 Å². The van der Waals surface area contributed by atoms with Crippen molar-refractivity contribution in [3.63, 3.8) is 0 Å². The van der Waals surface area contributed by atoms with E-state index in [1.807, 2.05) is 4.72 Å². The summed E-state index contributed by atoms with van der Waals surface area (Å²) < 4.78 is 26.3. The van der Waals surface area contributed by atoms with Crippen molar-refractivity contribution in [3.8, 4) is 0 Å². The van der Waals surface area contributed by atoms with E-state index in [-0.39, 0.29) is 10.9 Å². The molecule has 0 heterocycles. The minimum absolute atomic E-state index is 0.0379. The van der Waals surface area contributed by atoms with E-state index in [4.69, 9.17) is 5.73 Å². The van der Waals surface area contributed by atoms with Gasteiger partial charge in [0.15, 0.2) is 0 Å². The Morgan fingerprint density at radius 3 is 2.53 bits per heavy atom. The monoisotopic (exact) mass is 283 g/mol. The summed E-state index contributed by atoms with van der Waals surface area (Å²) in [7, 11) is -3.90. The number of carbonyl (C=O) groups excluding carboxylic acids is 1. The lowest BCUT2D eigenvalue weighted by Gasteiger charge is -2.12. The van der Waals surface area contributed by atoms with Crippen molar-refractivity contribution in [1.29, 1.82) is 0 Å². The second-order valence-corrected chi connectivity index (χ2v) is 6.48. The van der Waals surface area contributed by atoms with Crippen LogP contribution in [0, 0.1) is 13.8 Å². The predicted octanol–water partition coefficient (Wildman–Crippen LogP) is 1.04. The molecule has 0 atom stereocenters. The van der Waals surface area contributed by atoms with Gasteiger partial charge in [0.2, 0.25) is 0 Å². The molecule has 0 bridgehead atoms. The summed E-state index contributed by atoms with van der Waals surface area (Å²) in [5, 5.41) is 2.57. The highest BCUT2D eigenvalue weighted by Gasteiger charge is 2.26. The number of urea groups is 1. The molecule has 1 aromatic rings. The third-order valence-electron chi connectivity index (χ3n) is 2.97. The molecule has 4 N–H and O–H groups in total. The van der Waals surface area contributed by atoms with Crippen LogP contribution < -0.4 is 15.8 Å². The number of anilines is 1. The van der Waals surface area contributed by atoms with E-state index in [2.05, 4.69) is 5.32 Å². The Bertz CT molecular complexity index is 621. The fourth-order valence-electron chi connectivity index (χ4n) is 1.75. The zero-order valence-corrected chi connectivity index (χ0v) is 11.7. The molecule has 2 rings (SSSR count). The van der Waals surface area contributed by atoms with E-state index in [0.29, 0.717) is 11.3 Å². The van der Waals surface area contributed by atoms with Crippen molar-refractivity contribution in [2.45, 2.75) is 37.6 Å². The average molecular weight is 283 g/mol. The van der Waals surface area contributed by atoms with E-state index in [1.54, 1.807) is 19.9 Å². The van der Waals surface area contributed by atoms with Crippen LogP contribution in [0.1, 0.15) is 24.0 Å². The molecule has 0 unspecified atom stereocenters. The molecule has 1 aliphatic rings. The van der Waals surface area contributed by atoms with Crippen LogP contribution in [0.2, 0.25) is 0 Å². The van der Waals surface area contributed by atoms with E-state index >= 15 is 0 Å². The van der Waals surface area contributed by atoms with Crippen molar-refractivity contribution in [2.75, 3.05) is 5.73 Å². The average Bonchev–Trinajstić information content (AvgIpc) is 3.05. The molecule has 0 aliphatic heterocycles. The molecule has 0 aromatic heterocycles. The normalized spacial score (nSPS) is 15.1. The van der Waals surface area contributed by atoms with Crippen LogP contribution in [0.5, 0.6) is 0 Å². The number of nitrogens with two attached hydrogens (primary N) is 1. The van der Waals surface area contributed by atoms with E-state index in [1.165, 1.54) is 6.07 Å². The van der Waals surface area contributed by atoms with Gasteiger partial charge in [-0.1, -0.05) is 0 Å². The van der Waals surface area contributed by atoms with Crippen molar-refractivity contribution >= 4 is 21.7 Å². The summed E-state index contributed by atoms with van der Waals surface area (Å²) in [6, 6.07) is 2.60. The van der Waals surface area contributed by atoms with Gasteiger partial charge in [0.25, 0.3) is 10.0 Å². The van der Waals surface area contributed by atoms with Crippen LogP contribution in [0.4, 0.5) is 10.5 Å². The number of carbonyl (C=O) groups is 1. The first-order chi connectivity index (χ1) is 8.79. The molecule has 0 saturated heterocycles. The van der Waals surface area contributed by atoms with Crippen molar-refractivity contribution in [2.24, 2.45) is 0 Å². The molecular weight excluding hydrogens is 266 g/mol. The van der Waals surface area contributed by atoms with Crippen LogP contribution in [-0.2, 0) is 10.0 Å². The standard InChI is InChI=1S/C12H17N3O3S/c1-7-5-10(13)8(2)11(6-7)19(17,18)15-12(16)14-9-3-4-9/h5-6,9H,3-4,13H2,1-2H3,(H2,14,15,16). The van der Waals surface area contributed by atoms with Gasteiger partial charge in [0.05, 0.1) is 4.90 Å². The molecule has 0 spiro atoms. The van der Waals surface area contributed by atoms with E-state index < -0.39 is 16.1 Å². The topological polar surface area (TPSA) is 101 Å². The highest BCUT2D eigenvalue weighted by atomic mass is 32.2. The molecule has 1 saturated carbocycles. The number of nitrogen functional groups attached to an aromatic ring is 1. The molecule has 1 fully saturated rings. The molecule has 104 valence electrons. The first-order valence-electron chi connectivity index (χ1n) is 5.99. The molecule has 2 amide bonds. The third-order valence-corrected chi connectivity index (χ3v) is 4.43. The van der Waals surface area contributed by atoms with Gasteiger partial charge in [-0.2, -0.15) is 0 Å². The highest BCUT2D eigenvalue weighted by Crippen LogP contribution is 2.23. The SMILES string of the molecule is Cc1cc(N)c(C)c(S(=O)(=O)NC(=O)NC2CC2)c1. The molecule has 6 nitrogen and oxygen atoms in total. The molecule has 7 heteroatoms. The van der Waals surface area contributed by atoms with Crippen molar-refractivity contribution in [1.82, 2.24) is 10.0 Å². The summed E-state index contributed by atoms with van der Waals surface area (Å²) in [5.41, 5.74) is 7.31. The zero-order chi connectivity index (χ0) is 14.2. The summed E-state index contributed by atoms with van der Waals surface area (Å²) in [4.78, 5) is 11.6. The Morgan fingerprint density at radius 2 is 1.95 bits per heavy atom. The Hall–Kier alpha value is -1.76. The number of benzene rings is 1.